The SMILES string of the molecule is C[C@H]1C[C@H](O)CN1c1nc(C23CNCC2C3CC(=O)O)cc(C(F)(F)F)c1C#N. The number of anilines is 1. The van der Waals surface area contributed by atoms with Gasteiger partial charge < -0.3 is 20.4 Å². The smallest absolute Gasteiger partial charge is 0.417 e. The lowest BCUT2D eigenvalue weighted by Gasteiger charge is -2.27. The number of nitriles is 1. The first kappa shape index (κ1) is 19.9. The number of β-amino-alcohol motifs (C(OH)–C–C–N with tert-alkyl or cyclic N) is 1. The second-order valence-corrected chi connectivity index (χ2v) is 8.24. The van der Waals surface area contributed by atoms with Gasteiger partial charge in [-0.25, -0.2) is 4.98 Å². The van der Waals surface area contributed by atoms with Crippen LogP contribution in [0, 0.1) is 23.2 Å². The molecule has 0 radical (unpaired) electrons. The quantitative estimate of drug-likeness (QED) is 0.690. The maximum Gasteiger partial charge on any atom is 0.417 e. The zero-order valence-corrected chi connectivity index (χ0v) is 15.7. The monoisotopic (exact) mass is 410 g/mol. The molecule has 3 unspecified atom stereocenters. The van der Waals surface area contributed by atoms with Crippen LogP contribution in [0.1, 0.15) is 36.6 Å². The van der Waals surface area contributed by atoms with E-state index in [1.807, 2.05) is 0 Å². The summed E-state index contributed by atoms with van der Waals surface area (Å²) in [5.41, 5.74) is -2.22. The molecule has 5 atom stereocenters. The van der Waals surface area contributed by atoms with E-state index in [2.05, 4.69) is 10.3 Å². The Hall–Kier alpha value is -2.38. The molecule has 3 aliphatic rings. The Morgan fingerprint density at radius 1 is 1.52 bits per heavy atom. The van der Waals surface area contributed by atoms with Gasteiger partial charge in [0.05, 0.1) is 17.4 Å². The Bertz CT molecular complexity index is 900. The van der Waals surface area contributed by atoms with Crippen molar-refractivity contribution in [3.05, 3.63) is 22.9 Å². The third-order valence-corrected chi connectivity index (χ3v) is 6.60. The highest BCUT2D eigenvalue weighted by Gasteiger charge is 2.69. The van der Waals surface area contributed by atoms with Crippen molar-refractivity contribution >= 4 is 11.8 Å². The number of aliphatic carboxylic acids is 1. The van der Waals surface area contributed by atoms with E-state index >= 15 is 0 Å². The molecule has 1 saturated carbocycles. The van der Waals surface area contributed by atoms with Gasteiger partial charge in [-0.15, -0.1) is 0 Å². The first-order chi connectivity index (χ1) is 13.6. The van der Waals surface area contributed by atoms with Crippen LogP contribution in [-0.4, -0.2) is 52.9 Å². The summed E-state index contributed by atoms with van der Waals surface area (Å²) in [5.74, 6) is -1.47. The minimum Gasteiger partial charge on any atom is -0.481 e. The highest BCUT2D eigenvalue weighted by Crippen LogP contribution is 2.63. The summed E-state index contributed by atoms with van der Waals surface area (Å²) in [4.78, 5) is 17.3. The number of carboxylic acid groups (broad SMARTS) is 1. The lowest BCUT2D eigenvalue weighted by molar-refractivity contribution is -0.138. The second kappa shape index (κ2) is 6.57. The average Bonchev–Trinajstić information content (AvgIpc) is 2.95. The topological polar surface area (TPSA) is 109 Å². The van der Waals surface area contributed by atoms with E-state index in [1.165, 1.54) is 0 Å². The van der Waals surface area contributed by atoms with Crippen molar-refractivity contribution in [3.8, 4) is 6.07 Å². The Morgan fingerprint density at radius 3 is 2.79 bits per heavy atom. The molecule has 0 aromatic carbocycles. The number of aliphatic hydroxyl groups is 1. The van der Waals surface area contributed by atoms with Crippen molar-refractivity contribution < 1.29 is 28.2 Å². The lowest BCUT2D eigenvalue weighted by Crippen LogP contribution is -2.32. The standard InChI is InChI=1S/C19H21F3N4O3/c1-9-2-10(27)7-26(9)17-11(5-23)12(19(20,21)22)3-15(25-17)18-8-24-6-14(18)13(18)4-16(28)29/h3,9-10,13-14,24,27H,2,4,6-8H2,1H3,(H,28,29)/t9-,10-,13?,14?,18?/m0/s1. The van der Waals surface area contributed by atoms with Crippen molar-refractivity contribution in [2.75, 3.05) is 24.5 Å². The van der Waals surface area contributed by atoms with E-state index in [0.717, 1.165) is 6.07 Å². The number of rotatable bonds is 4. The Morgan fingerprint density at radius 2 is 2.24 bits per heavy atom. The summed E-state index contributed by atoms with van der Waals surface area (Å²) in [6.45, 7) is 2.73. The zero-order chi connectivity index (χ0) is 21.1. The minimum atomic E-state index is -4.76. The number of fused-ring (bicyclic) bond motifs is 1. The number of halogens is 3. The molecule has 1 aromatic heterocycles. The normalized spacial score (nSPS) is 33.4. The highest BCUT2D eigenvalue weighted by atomic mass is 19.4. The maximum absolute atomic E-state index is 13.8. The van der Waals surface area contributed by atoms with Gasteiger partial charge in [0.15, 0.2) is 0 Å². The van der Waals surface area contributed by atoms with E-state index < -0.39 is 34.8 Å². The van der Waals surface area contributed by atoms with Gasteiger partial charge in [-0.3, -0.25) is 4.79 Å². The number of aliphatic hydroxyl groups excluding tert-OH is 1. The number of nitrogens with zero attached hydrogens (tertiary/aromatic N) is 3. The number of alkyl halides is 3. The van der Waals surface area contributed by atoms with Gasteiger partial charge in [0, 0.05) is 31.0 Å². The summed E-state index contributed by atoms with van der Waals surface area (Å²) >= 11 is 0. The van der Waals surface area contributed by atoms with E-state index in [4.69, 9.17) is 0 Å². The summed E-state index contributed by atoms with van der Waals surface area (Å²) in [5, 5.41) is 31.8. The molecule has 0 bridgehead atoms. The number of nitrogens with one attached hydrogen (secondary N) is 1. The van der Waals surface area contributed by atoms with Crippen LogP contribution in [0.2, 0.25) is 0 Å². The third-order valence-electron chi connectivity index (χ3n) is 6.60. The largest absolute Gasteiger partial charge is 0.481 e. The van der Waals surface area contributed by atoms with Gasteiger partial charge in [0.1, 0.15) is 17.5 Å². The molecule has 4 rings (SSSR count). The predicted octanol–water partition coefficient (Wildman–Crippen LogP) is 1.49. The van der Waals surface area contributed by atoms with Crippen molar-refractivity contribution in [2.24, 2.45) is 11.8 Å². The fourth-order valence-corrected chi connectivity index (χ4v) is 5.22. The van der Waals surface area contributed by atoms with Crippen LogP contribution in [0.15, 0.2) is 6.07 Å². The van der Waals surface area contributed by atoms with Gasteiger partial charge in [-0.1, -0.05) is 0 Å². The van der Waals surface area contributed by atoms with E-state index in [-0.39, 0.29) is 42.4 Å². The summed E-state index contributed by atoms with van der Waals surface area (Å²) in [6.07, 6.45) is -5.23. The average molecular weight is 410 g/mol. The number of aromatic nitrogens is 1. The molecule has 0 amide bonds. The summed E-state index contributed by atoms with van der Waals surface area (Å²) < 4.78 is 41.5. The molecular formula is C19H21F3N4O3. The molecule has 3 heterocycles. The highest BCUT2D eigenvalue weighted by molar-refractivity contribution is 5.69. The fraction of sp³-hybridized carbons (Fsp3) is 0.632. The van der Waals surface area contributed by atoms with Crippen LogP contribution in [0.4, 0.5) is 19.0 Å². The van der Waals surface area contributed by atoms with E-state index in [9.17, 15) is 33.4 Å². The molecule has 10 heteroatoms. The van der Waals surface area contributed by atoms with Crippen LogP contribution in [0.25, 0.3) is 0 Å². The van der Waals surface area contributed by atoms with Gasteiger partial charge >= 0.3 is 12.1 Å². The first-order valence-electron chi connectivity index (χ1n) is 9.49. The Kier molecular flexibility index (Phi) is 4.51. The van der Waals surface area contributed by atoms with E-state index in [1.54, 1.807) is 17.9 Å². The van der Waals surface area contributed by atoms with Gasteiger partial charge in [0.25, 0.3) is 0 Å². The van der Waals surface area contributed by atoms with Crippen molar-refractivity contribution in [2.45, 2.75) is 43.5 Å². The molecule has 156 valence electrons. The van der Waals surface area contributed by atoms with Gasteiger partial charge in [-0.05, 0) is 37.8 Å². The fourth-order valence-electron chi connectivity index (χ4n) is 5.22. The maximum atomic E-state index is 13.8. The molecule has 2 aliphatic heterocycles. The number of pyridine rings is 1. The molecule has 2 saturated heterocycles. The van der Waals surface area contributed by atoms with Crippen LogP contribution in [-0.2, 0) is 16.4 Å². The number of hydrogen-bond donors (Lipinski definition) is 3. The molecule has 3 N–H and O–H groups in total. The number of hydrogen-bond acceptors (Lipinski definition) is 6. The molecule has 0 spiro atoms. The number of piperidine rings is 1. The Balaban J connectivity index is 1.87. The van der Waals surface area contributed by atoms with Crippen LogP contribution in [0.3, 0.4) is 0 Å². The minimum absolute atomic E-state index is 0.0811. The van der Waals surface area contributed by atoms with Crippen molar-refractivity contribution in [3.63, 3.8) is 0 Å². The summed E-state index contributed by atoms with van der Waals surface area (Å²) in [7, 11) is 0. The third kappa shape index (κ3) is 3.04. The molecule has 7 nitrogen and oxygen atoms in total. The zero-order valence-electron chi connectivity index (χ0n) is 15.7. The van der Waals surface area contributed by atoms with Gasteiger partial charge in [-0.2, -0.15) is 18.4 Å². The van der Waals surface area contributed by atoms with Crippen molar-refractivity contribution in [1.82, 2.24) is 10.3 Å². The molecule has 1 aliphatic carbocycles. The van der Waals surface area contributed by atoms with Crippen molar-refractivity contribution in [1.29, 1.82) is 5.26 Å². The first-order valence-corrected chi connectivity index (χ1v) is 9.49. The lowest BCUT2D eigenvalue weighted by atomic mass is 9.94. The molecule has 3 fully saturated rings. The van der Waals surface area contributed by atoms with Crippen LogP contribution < -0.4 is 10.2 Å². The van der Waals surface area contributed by atoms with Crippen LogP contribution >= 0.6 is 0 Å². The molecular weight excluding hydrogens is 389 g/mol. The van der Waals surface area contributed by atoms with E-state index in [0.29, 0.717) is 19.5 Å². The Labute approximate surface area is 165 Å². The van der Waals surface area contributed by atoms with Gasteiger partial charge in [0.2, 0.25) is 0 Å². The second-order valence-electron chi connectivity index (χ2n) is 8.24. The number of carboxylic acids is 1. The summed E-state index contributed by atoms with van der Waals surface area (Å²) in [6, 6.07) is 2.30. The predicted molar refractivity (Wildman–Crippen MR) is 95.2 cm³/mol. The number of carbonyl (C=O) groups is 1. The van der Waals surface area contributed by atoms with Crippen LogP contribution in [0.5, 0.6) is 0 Å². The molecule has 29 heavy (non-hydrogen) atoms. The molecule has 1 aromatic rings.